The second-order valence-electron chi connectivity index (χ2n) is 4.61. The van der Waals surface area contributed by atoms with Gasteiger partial charge in [0.25, 0.3) is 5.91 Å². The Kier molecular flexibility index (Phi) is 6.91. The van der Waals surface area contributed by atoms with Crippen LogP contribution in [0.15, 0.2) is 40.9 Å². The van der Waals surface area contributed by atoms with Crippen molar-refractivity contribution in [2.24, 2.45) is 0 Å². The highest BCUT2D eigenvalue weighted by atomic mass is 79.9. The van der Waals surface area contributed by atoms with Gasteiger partial charge in [0, 0.05) is 10.5 Å². The fourth-order valence-corrected chi connectivity index (χ4v) is 2.53. The first-order valence-corrected chi connectivity index (χ1v) is 8.32. The Morgan fingerprint density at radius 1 is 1.20 bits per heavy atom. The molecule has 0 aliphatic rings. The summed E-state index contributed by atoms with van der Waals surface area (Å²) >= 11 is 14.1. The van der Waals surface area contributed by atoms with Crippen molar-refractivity contribution in [1.82, 2.24) is 10.9 Å². The minimum Gasteiger partial charge on any atom is -0.482 e. The highest BCUT2D eigenvalue weighted by Crippen LogP contribution is 2.27. The van der Waals surface area contributed by atoms with E-state index in [1.54, 1.807) is 18.2 Å². The minimum atomic E-state index is -0.816. The maximum absolute atomic E-state index is 13.5. The Labute approximate surface area is 160 Å². The van der Waals surface area contributed by atoms with E-state index < -0.39 is 17.5 Å². The number of carbonyl (C=O) groups is 1. The van der Waals surface area contributed by atoms with E-state index >= 15 is 0 Å². The van der Waals surface area contributed by atoms with Crippen molar-refractivity contribution in [2.45, 2.75) is 0 Å². The van der Waals surface area contributed by atoms with Gasteiger partial charge in [-0.3, -0.25) is 15.6 Å². The molecule has 0 aliphatic carbocycles. The van der Waals surface area contributed by atoms with Gasteiger partial charge in [0.15, 0.2) is 11.7 Å². The van der Waals surface area contributed by atoms with Gasteiger partial charge >= 0.3 is 0 Å². The Balaban J connectivity index is 1.78. The van der Waals surface area contributed by atoms with E-state index in [0.717, 1.165) is 10.5 Å². The van der Waals surface area contributed by atoms with Gasteiger partial charge in [-0.05, 0) is 42.5 Å². The molecule has 0 aromatic heterocycles. The molecule has 25 heavy (non-hydrogen) atoms. The fourth-order valence-electron chi connectivity index (χ4n) is 1.64. The number of hydrogen-bond acceptors (Lipinski definition) is 3. The lowest BCUT2D eigenvalue weighted by Gasteiger charge is -2.13. The maximum atomic E-state index is 13.5. The zero-order valence-corrected chi connectivity index (χ0v) is 15.6. The van der Waals surface area contributed by atoms with Crippen LogP contribution in [0.2, 0.25) is 5.02 Å². The lowest BCUT2D eigenvalue weighted by molar-refractivity contribution is -0.123. The van der Waals surface area contributed by atoms with E-state index in [2.05, 4.69) is 32.1 Å². The van der Waals surface area contributed by atoms with Crippen LogP contribution < -0.4 is 20.9 Å². The molecular formula is C15H11BrClF2N3O2S. The van der Waals surface area contributed by atoms with E-state index in [1.807, 2.05) is 0 Å². The van der Waals surface area contributed by atoms with Gasteiger partial charge < -0.3 is 10.1 Å². The highest BCUT2D eigenvalue weighted by molar-refractivity contribution is 9.10. The van der Waals surface area contributed by atoms with Gasteiger partial charge in [-0.2, -0.15) is 0 Å². The molecule has 0 radical (unpaired) electrons. The molecule has 2 aromatic rings. The van der Waals surface area contributed by atoms with Gasteiger partial charge in [0.05, 0.1) is 10.7 Å². The van der Waals surface area contributed by atoms with Crippen molar-refractivity contribution < 1.29 is 18.3 Å². The van der Waals surface area contributed by atoms with Crippen LogP contribution in [-0.4, -0.2) is 17.6 Å². The van der Waals surface area contributed by atoms with Crippen LogP contribution >= 0.6 is 39.7 Å². The number of anilines is 1. The van der Waals surface area contributed by atoms with Crippen molar-refractivity contribution in [2.75, 3.05) is 11.9 Å². The lowest BCUT2D eigenvalue weighted by atomic mass is 10.3. The Hall–Kier alpha value is -1.97. The van der Waals surface area contributed by atoms with Crippen LogP contribution in [-0.2, 0) is 4.79 Å². The van der Waals surface area contributed by atoms with Crippen molar-refractivity contribution >= 4 is 56.5 Å². The Morgan fingerprint density at radius 2 is 1.96 bits per heavy atom. The standard InChI is InChI=1S/C15H11BrClF2N3O2S/c16-8-1-4-13(10(17)5-8)24-7-14(23)21-22-15(25)20-12-3-2-9(18)6-11(12)19/h1-6H,7H2,(H,21,23)(H2,20,22,25). The van der Waals surface area contributed by atoms with Crippen molar-refractivity contribution in [3.8, 4) is 5.75 Å². The van der Waals surface area contributed by atoms with Crippen molar-refractivity contribution in [1.29, 1.82) is 0 Å². The number of hydrogen-bond donors (Lipinski definition) is 3. The van der Waals surface area contributed by atoms with E-state index in [4.69, 9.17) is 28.6 Å². The summed E-state index contributed by atoms with van der Waals surface area (Å²) in [5.41, 5.74) is 4.60. The number of rotatable bonds is 4. The van der Waals surface area contributed by atoms with Crippen LogP contribution in [0.1, 0.15) is 0 Å². The van der Waals surface area contributed by atoms with Gasteiger partial charge in [0.2, 0.25) is 0 Å². The summed E-state index contributed by atoms with van der Waals surface area (Å²) in [6.45, 7) is -0.318. The second kappa shape index (κ2) is 8.93. The Bertz CT molecular complexity index is 810. The van der Waals surface area contributed by atoms with Gasteiger partial charge in [-0.1, -0.05) is 27.5 Å². The van der Waals surface area contributed by atoms with Crippen LogP contribution in [0.3, 0.4) is 0 Å². The summed E-state index contributed by atoms with van der Waals surface area (Å²) in [6, 6.07) is 7.91. The monoisotopic (exact) mass is 449 g/mol. The third kappa shape index (κ3) is 6.11. The molecular weight excluding hydrogens is 440 g/mol. The Morgan fingerprint density at radius 3 is 2.64 bits per heavy atom. The number of nitrogens with one attached hydrogen (secondary N) is 3. The normalized spacial score (nSPS) is 10.1. The third-order valence-corrected chi connectivity index (χ3v) is 3.74. The average molecular weight is 451 g/mol. The number of benzene rings is 2. The average Bonchev–Trinajstić information content (AvgIpc) is 2.55. The molecule has 0 heterocycles. The molecule has 0 fully saturated rings. The van der Waals surface area contributed by atoms with Gasteiger partial charge in [-0.25, -0.2) is 8.78 Å². The molecule has 0 saturated heterocycles. The molecule has 5 nitrogen and oxygen atoms in total. The van der Waals surface area contributed by atoms with E-state index in [1.165, 1.54) is 6.07 Å². The topological polar surface area (TPSA) is 62.4 Å². The van der Waals surface area contributed by atoms with Crippen LogP contribution in [0.5, 0.6) is 5.75 Å². The van der Waals surface area contributed by atoms with Crippen LogP contribution in [0, 0.1) is 11.6 Å². The zero-order chi connectivity index (χ0) is 18.4. The molecule has 0 spiro atoms. The third-order valence-electron chi connectivity index (χ3n) is 2.75. The summed E-state index contributed by atoms with van der Waals surface area (Å²) in [5, 5.41) is 2.74. The largest absolute Gasteiger partial charge is 0.482 e. The second-order valence-corrected chi connectivity index (χ2v) is 6.35. The fraction of sp³-hybridized carbons (Fsp3) is 0.0667. The van der Waals surface area contributed by atoms with Gasteiger partial charge in [-0.15, -0.1) is 0 Å². The molecule has 0 saturated carbocycles. The number of amides is 1. The summed E-state index contributed by atoms with van der Waals surface area (Å²) in [4.78, 5) is 11.7. The highest BCUT2D eigenvalue weighted by Gasteiger charge is 2.08. The number of carbonyl (C=O) groups excluding carboxylic acids is 1. The number of ether oxygens (including phenoxy) is 1. The molecule has 0 aliphatic heterocycles. The summed E-state index contributed by atoms with van der Waals surface area (Å²) in [5.74, 6) is -1.72. The van der Waals surface area contributed by atoms with Crippen molar-refractivity contribution in [3.05, 3.63) is 57.5 Å². The van der Waals surface area contributed by atoms with Crippen molar-refractivity contribution in [3.63, 3.8) is 0 Å². The zero-order valence-electron chi connectivity index (χ0n) is 12.4. The van der Waals surface area contributed by atoms with Crippen LogP contribution in [0.4, 0.5) is 14.5 Å². The smallest absolute Gasteiger partial charge is 0.276 e. The number of thiocarbonyl (C=S) groups is 1. The van der Waals surface area contributed by atoms with Crippen LogP contribution in [0.25, 0.3) is 0 Å². The molecule has 1 amide bonds. The molecule has 0 atom stereocenters. The first kappa shape index (κ1) is 19.4. The number of halogens is 4. The molecule has 10 heteroatoms. The van der Waals surface area contributed by atoms with E-state index in [-0.39, 0.29) is 17.4 Å². The van der Waals surface area contributed by atoms with Gasteiger partial charge in [0.1, 0.15) is 17.4 Å². The maximum Gasteiger partial charge on any atom is 0.276 e. The summed E-state index contributed by atoms with van der Waals surface area (Å²) in [6.07, 6.45) is 0. The summed E-state index contributed by atoms with van der Waals surface area (Å²) < 4.78 is 32.3. The first-order valence-electron chi connectivity index (χ1n) is 6.74. The first-order chi connectivity index (χ1) is 11.8. The molecule has 3 N–H and O–H groups in total. The lowest BCUT2D eigenvalue weighted by Crippen LogP contribution is -2.45. The predicted octanol–water partition coefficient (Wildman–Crippen LogP) is 3.78. The molecule has 0 unspecified atom stereocenters. The predicted molar refractivity (Wildman–Crippen MR) is 98.5 cm³/mol. The minimum absolute atomic E-state index is 0.0361. The summed E-state index contributed by atoms with van der Waals surface area (Å²) in [7, 11) is 0. The molecule has 2 rings (SSSR count). The number of hydrazine groups is 1. The molecule has 132 valence electrons. The van der Waals surface area contributed by atoms with E-state index in [9.17, 15) is 13.6 Å². The van der Waals surface area contributed by atoms with E-state index in [0.29, 0.717) is 16.8 Å². The molecule has 0 bridgehead atoms. The molecule has 2 aromatic carbocycles. The SMILES string of the molecule is O=C(COc1ccc(Br)cc1Cl)NNC(=S)Nc1ccc(F)cc1F. The quantitative estimate of drug-likeness (QED) is 0.489.